The summed E-state index contributed by atoms with van der Waals surface area (Å²) < 4.78 is 5.43. The van der Waals surface area contributed by atoms with E-state index in [0.29, 0.717) is 19.6 Å². The molecule has 1 atom stereocenters. The summed E-state index contributed by atoms with van der Waals surface area (Å²) >= 11 is 0. The maximum atomic E-state index is 10.4. The van der Waals surface area contributed by atoms with Crippen molar-refractivity contribution in [3.63, 3.8) is 0 Å². The fraction of sp³-hybridized carbons (Fsp3) is 0.238. The first-order valence-corrected chi connectivity index (χ1v) is 8.40. The Morgan fingerprint density at radius 2 is 1.71 bits per heavy atom. The van der Waals surface area contributed by atoms with Crippen LogP contribution in [-0.2, 0) is 0 Å². The van der Waals surface area contributed by atoms with Crippen LogP contribution in [0.15, 0.2) is 66.7 Å². The second kappa shape index (κ2) is 7.84. The van der Waals surface area contributed by atoms with Gasteiger partial charge in [-0.05, 0) is 60.0 Å². The minimum Gasteiger partial charge on any atom is -0.494 e. The molecule has 3 nitrogen and oxygen atoms in total. The van der Waals surface area contributed by atoms with Crippen LogP contribution >= 0.6 is 0 Å². The van der Waals surface area contributed by atoms with Gasteiger partial charge < -0.3 is 15.2 Å². The number of aliphatic hydroxyl groups excluding tert-OH is 1. The summed E-state index contributed by atoms with van der Waals surface area (Å²) in [7, 11) is 0. The number of aliphatic hydroxyl groups is 1. The fourth-order valence-electron chi connectivity index (χ4n) is 2.77. The van der Waals surface area contributed by atoms with Gasteiger partial charge in [0.25, 0.3) is 0 Å². The van der Waals surface area contributed by atoms with E-state index in [1.807, 2.05) is 49.4 Å². The lowest BCUT2D eigenvalue weighted by molar-refractivity contribution is 0.172. The molecule has 3 aromatic rings. The Labute approximate surface area is 142 Å². The predicted molar refractivity (Wildman–Crippen MR) is 99.6 cm³/mol. The summed E-state index contributed by atoms with van der Waals surface area (Å²) in [6.45, 7) is 3.35. The zero-order valence-corrected chi connectivity index (χ0v) is 13.9. The topological polar surface area (TPSA) is 41.5 Å². The molecule has 24 heavy (non-hydrogen) atoms. The Bertz CT molecular complexity index is 783. The Hall–Kier alpha value is -2.52. The normalized spacial score (nSPS) is 12.1. The number of hydrogen-bond acceptors (Lipinski definition) is 3. The van der Waals surface area contributed by atoms with Gasteiger partial charge in [-0.15, -0.1) is 0 Å². The molecular formula is C21H23NO2. The van der Waals surface area contributed by atoms with Crippen molar-refractivity contribution in [2.75, 3.05) is 18.5 Å². The van der Waals surface area contributed by atoms with E-state index < -0.39 is 6.10 Å². The van der Waals surface area contributed by atoms with Crippen LogP contribution in [0.4, 0.5) is 5.69 Å². The highest BCUT2D eigenvalue weighted by Gasteiger charge is 2.08. The van der Waals surface area contributed by atoms with Crippen molar-refractivity contribution < 1.29 is 9.84 Å². The zero-order chi connectivity index (χ0) is 16.8. The van der Waals surface area contributed by atoms with Crippen molar-refractivity contribution in [3.05, 3.63) is 72.3 Å². The molecule has 0 spiro atoms. The monoisotopic (exact) mass is 321 g/mol. The molecular weight excluding hydrogens is 298 g/mol. The van der Waals surface area contributed by atoms with E-state index in [9.17, 15) is 5.11 Å². The highest BCUT2D eigenvalue weighted by atomic mass is 16.5. The molecule has 0 aromatic heterocycles. The van der Waals surface area contributed by atoms with Crippen molar-refractivity contribution >= 4 is 16.5 Å². The Morgan fingerprint density at radius 1 is 0.958 bits per heavy atom. The third-order valence-electron chi connectivity index (χ3n) is 4.07. The SMILES string of the molecule is CCOc1ccc(NCCC(O)c2ccc3ccccc3c2)cc1. The lowest BCUT2D eigenvalue weighted by Crippen LogP contribution is -2.07. The van der Waals surface area contributed by atoms with Gasteiger partial charge in [0.1, 0.15) is 5.75 Å². The second-order valence-electron chi connectivity index (χ2n) is 5.80. The largest absolute Gasteiger partial charge is 0.494 e. The van der Waals surface area contributed by atoms with E-state index in [0.717, 1.165) is 22.4 Å². The summed E-state index contributed by atoms with van der Waals surface area (Å²) in [5.74, 6) is 0.874. The number of nitrogens with one attached hydrogen (secondary N) is 1. The third-order valence-corrected chi connectivity index (χ3v) is 4.07. The number of benzene rings is 3. The van der Waals surface area contributed by atoms with Crippen LogP contribution in [0.1, 0.15) is 25.0 Å². The highest BCUT2D eigenvalue weighted by Crippen LogP contribution is 2.23. The number of fused-ring (bicyclic) bond motifs is 1. The first-order chi connectivity index (χ1) is 11.8. The molecule has 3 heteroatoms. The first kappa shape index (κ1) is 16.3. The van der Waals surface area contributed by atoms with E-state index in [2.05, 4.69) is 29.6 Å². The van der Waals surface area contributed by atoms with Gasteiger partial charge >= 0.3 is 0 Å². The van der Waals surface area contributed by atoms with Crippen molar-refractivity contribution in [1.29, 1.82) is 0 Å². The first-order valence-electron chi connectivity index (χ1n) is 8.40. The van der Waals surface area contributed by atoms with Crippen LogP contribution in [0.25, 0.3) is 10.8 Å². The average Bonchev–Trinajstić information content (AvgIpc) is 2.63. The molecule has 0 saturated carbocycles. The fourth-order valence-corrected chi connectivity index (χ4v) is 2.77. The molecule has 124 valence electrons. The van der Waals surface area contributed by atoms with Crippen molar-refractivity contribution in [1.82, 2.24) is 0 Å². The van der Waals surface area contributed by atoms with Crippen LogP contribution in [0.3, 0.4) is 0 Å². The molecule has 2 N–H and O–H groups in total. The maximum Gasteiger partial charge on any atom is 0.119 e. The molecule has 0 aliphatic carbocycles. The smallest absolute Gasteiger partial charge is 0.119 e. The summed E-state index contributed by atoms with van der Waals surface area (Å²) in [5.41, 5.74) is 1.99. The number of rotatable bonds is 7. The lowest BCUT2D eigenvalue weighted by Gasteiger charge is -2.13. The molecule has 0 heterocycles. The standard InChI is InChI=1S/C21H23NO2/c1-2-24-20-11-9-19(10-12-20)22-14-13-21(23)18-8-7-16-5-3-4-6-17(16)15-18/h3-12,15,21-23H,2,13-14H2,1H3. The molecule has 3 aromatic carbocycles. The zero-order valence-electron chi connectivity index (χ0n) is 13.9. The van der Waals surface area contributed by atoms with Gasteiger partial charge in [0.2, 0.25) is 0 Å². The highest BCUT2D eigenvalue weighted by molar-refractivity contribution is 5.83. The van der Waals surface area contributed by atoms with E-state index >= 15 is 0 Å². The molecule has 0 aliphatic heterocycles. The van der Waals surface area contributed by atoms with Crippen LogP contribution in [0, 0.1) is 0 Å². The molecule has 0 aliphatic rings. The quantitative estimate of drug-likeness (QED) is 0.658. The predicted octanol–water partition coefficient (Wildman–Crippen LogP) is 4.77. The van der Waals surface area contributed by atoms with Gasteiger partial charge in [-0.1, -0.05) is 36.4 Å². The Kier molecular flexibility index (Phi) is 5.34. The van der Waals surface area contributed by atoms with Crippen molar-refractivity contribution in [3.8, 4) is 5.75 Å². The van der Waals surface area contributed by atoms with E-state index in [1.165, 1.54) is 5.39 Å². The minimum absolute atomic E-state index is 0.468. The molecule has 3 rings (SSSR count). The molecule has 0 fully saturated rings. The van der Waals surface area contributed by atoms with Gasteiger partial charge in [0.15, 0.2) is 0 Å². The summed E-state index contributed by atoms with van der Waals surface area (Å²) in [6, 6.07) is 22.2. The third kappa shape index (κ3) is 4.06. The van der Waals surface area contributed by atoms with Gasteiger partial charge in [0.05, 0.1) is 12.7 Å². The summed E-state index contributed by atoms with van der Waals surface area (Å²) in [4.78, 5) is 0. The Balaban J connectivity index is 1.55. The van der Waals surface area contributed by atoms with Gasteiger partial charge in [-0.2, -0.15) is 0 Å². The minimum atomic E-state index is -0.468. The average molecular weight is 321 g/mol. The van der Waals surface area contributed by atoms with Gasteiger partial charge in [0, 0.05) is 12.2 Å². The van der Waals surface area contributed by atoms with Gasteiger partial charge in [-0.3, -0.25) is 0 Å². The molecule has 0 bridgehead atoms. The number of ether oxygens (including phenoxy) is 1. The van der Waals surface area contributed by atoms with E-state index in [-0.39, 0.29) is 0 Å². The molecule has 0 saturated heterocycles. The molecule has 0 amide bonds. The number of anilines is 1. The van der Waals surface area contributed by atoms with Crippen molar-refractivity contribution in [2.24, 2.45) is 0 Å². The van der Waals surface area contributed by atoms with E-state index in [1.54, 1.807) is 0 Å². The summed E-state index contributed by atoms with van der Waals surface area (Å²) in [6.07, 6.45) is 0.191. The van der Waals surface area contributed by atoms with E-state index in [4.69, 9.17) is 4.74 Å². The maximum absolute atomic E-state index is 10.4. The summed E-state index contributed by atoms with van der Waals surface area (Å²) in [5, 5.41) is 16.1. The van der Waals surface area contributed by atoms with Crippen LogP contribution in [0.5, 0.6) is 5.75 Å². The van der Waals surface area contributed by atoms with Crippen LogP contribution in [0.2, 0.25) is 0 Å². The van der Waals surface area contributed by atoms with Crippen LogP contribution < -0.4 is 10.1 Å². The Morgan fingerprint density at radius 3 is 2.46 bits per heavy atom. The molecule has 0 radical (unpaired) electrons. The van der Waals surface area contributed by atoms with Crippen molar-refractivity contribution in [2.45, 2.75) is 19.4 Å². The second-order valence-corrected chi connectivity index (χ2v) is 5.80. The van der Waals surface area contributed by atoms with Crippen LogP contribution in [-0.4, -0.2) is 18.3 Å². The van der Waals surface area contributed by atoms with Gasteiger partial charge in [-0.25, -0.2) is 0 Å². The number of hydrogen-bond donors (Lipinski definition) is 2. The lowest BCUT2D eigenvalue weighted by atomic mass is 10.0. The molecule has 1 unspecified atom stereocenters.